The van der Waals surface area contributed by atoms with Gasteiger partial charge in [-0.3, -0.25) is 9.59 Å². The third-order valence-corrected chi connectivity index (χ3v) is 3.23. The molecule has 0 aromatic rings. The summed E-state index contributed by atoms with van der Waals surface area (Å²) in [6.45, 7) is 8.25. The molecule has 0 aromatic heterocycles. The lowest BCUT2D eigenvalue weighted by atomic mass is 9.99. The molecule has 19 heavy (non-hydrogen) atoms. The number of carbonyl (C=O) groups excluding carboxylic acids is 2. The molecule has 0 aromatic carbocycles. The molecule has 0 aliphatic heterocycles. The van der Waals surface area contributed by atoms with Gasteiger partial charge in [0.1, 0.15) is 0 Å². The smallest absolute Gasteiger partial charge is 0.237 e. The Labute approximate surface area is 122 Å². The predicted octanol–water partition coefficient (Wildman–Crippen LogP) is 1.20. The van der Waals surface area contributed by atoms with E-state index in [4.69, 9.17) is 5.73 Å². The summed E-state index contributed by atoms with van der Waals surface area (Å²) < 4.78 is 0. The van der Waals surface area contributed by atoms with Gasteiger partial charge in [0, 0.05) is 19.0 Å². The van der Waals surface area contributed by atoms with Gasteiger partial charge in [-0.1, -0.05) is 27.2 Å². The Hall–Kier alpha value is -0.810. The third kappa shape index (κ3) is 8.83. The molecule has 6 heteroatoms. The maximum Gasteiger partial charge on any atom is 0.237 e. The molecule has 0 rings (SSSR count). The maximum absolute atomic E-state index is 11.6. The number of amides is 2. The average molecular weight is 294 g/mol. The Morgan fingerprint density at radius 1 is 1.16 bits per heavy atom. The highest BCUT2D eigenvalue weighted by molar-refractivity contribution is 5.85. The zero-order valence-corrected chi connectivity index (χ0v) is 13.2. The molecule has 3 atom stereocenters. The van der Waals surface area contributed by atoms with E-state index in [1.807, 2.05) is 27.7 Å². The zero-order chi connectivity index (χ0) is 14.1. The molecule has 0 radical (unpaired) electrons. The Kier molecular flexibility index (Phi) is 11.9. The molecular weight excluding hydrogens is 266 g/mol. The summed E-state index contributed by atoms with van der Waals surface area (Å²) in [5, 5.41) is 5.54. The molecule has 0 saturated heterocycles. The fourth-order valence-electron chi connectivity index (χ4n) is 1.38. The van der Waals surface area contributed by atoms with E-state index >= 15 is 0 Å². The predicted molar refractivity (Wildman–Crippen MR) is 80.2 cm³/mol. The van der Waals surface area contributed by atoms with E-state index < -0.39 is 6.04 Å². The van der Waals surface area contributed by atoms with Crippen molar-refractivity contribution < 1.29 is 9.59 Å². The van der Waals surface area contributed by atoms with Crippen LogP contribution in [0, 0.1) is 5.92 Å². The Bertz CT molecular complexity index is 275. The van der Waals surface area contributed by atoms with Crippen molar-refractivity contribution in [1.82, 2.24) is 10.6 Å². The normalized spacial score (nSPS) is 14.8. The average Bonchev–Trinajstić information content (AvgIpc) is 2.36. The van der Waals surface area contributed by atoms with Crippen LogP contribution in [0.15, 0.2) is 0 Å². The number of rotatable bonds is 8. The third-order valence-electron chi connectivity index (χ3n) is 3.23. The van der Waals surface area contributed by atoms with Gasteiger partial charge in [-0.15, -0.1) is 12.4 Å². The van der Waals surface area contributed by atoms with Gasteiger partial charge in [-0.25, -0.2) is 0 Å². The van der Waals surface area contributed by atoms with Gasteiger partial charge in [0.2, 0.25) is 11.8 Å². The standard InChI is InChI=1S/C13H27N3O2.ClH/c1-5-9(3)12(14)13(18)15-8-7-11(17)16-10(4)6-2;/h9-10,12H,5-8,14H2,1-4H3,(H,15,18)(H,16,17);1H. The fraction of sp³-hybridized carbons (Fsp3) is 0.846. The quantitative estimate of drug-likeness (QED) is 0.629. The summed E-state index contributed by atoms with van der Waals surface area (Å²) in [4.78, 5) is 23.1. The largest absolute Gasteiger partial charge is 0.354 e. The van der Waals surface area contributed by atoms with E-state index in [0.29, 0.717) is 13.0 Å². The van der Waals surface area contributed by atoms with Gasteiger partial charge in [0.05, 0.1) is 6.04 Å². The first-order valence-corrected chi connectivity index (χ1v) is 6.74. The number of halogens is 1. The van der Waals surface area contributed by atoms with Gasteiger partial charge in [0.15, 0.2) is 0 Å². The molecule has 0 spiro atoms. The van der Waals surface area contributed by atoms with E-state index in [-0.39, 0.29) is 36.2 Å². The molecule has 3 unspecified atom stereocenters. The van der Waals surface area contributed by atoms with Gasteiger partial charge in [0.25, 0.3) is 0 Å². The minimum Gasteiger partial charge on any atom is -0.354 e. The number of carbonyl (C=O) groups is 2. The first-order chi connectivity index (χ1) is 8.42. The highest BCUT2D eigenvalue weighted by Gasteiger charge is 2.18. The van der Waals surface area contributed by atoms with Gasteiger partial charge in [-0.05, 0) is 19.3 Å². The zero-order valence-electron chi connectivity index (χ0n) is 12.4. The first-order valence-electron chi connectivity index (χ1n) is 6.74. The van der Waals surface area contributed by atoms with E-state index in [9.17, 15) is 9.59 Å². The number of nitrogens with two attached hydrogens (primary N) is 1. The fourth-order valence-corrected chi connectivity index (χ4v) is 1.38. The molecule has 2 amide bonds. The van der Waals surface area contributed by atoms with Crippen molar-refractivity contribution in [1.29, 1.82) is 0 Å². The molecule has 0 saturated carbocycles. The molecule has 0 heterocycles. The minimum absolute atomic E-state index is 0. The van der Waals surface area contributed by atoms with Crippen LogP contribution in [0.2, 0.25) is 0 Å². The lowest BCUT2D eigenvalue weighted by Gasteiger charge is -2.17. The van der Waals surface area contributed by atoms with Crippen LogP contribution >= 0.6 is 12.4 Å². The maximum atomic E-state index is 11.6. The van der Waals surface area contributed by atoms with Crippen molar-refractivity contribution >= 4 is 24.2 Å². The van der Waals surface area contributed by atoms with Crippen molar-refractivity contribution in [2.24, 2.45) is 11.7 Å². The summed E-state index contributed by atoms with van der Waals surface area (Å²) >= 11 is 0. The van der Waals surface area contributed by atoms with Gasteiger partial charge in [-0.2, -0.15) is 0 Å². The first kappa shape index (κ1) is 20.5. The lowest BCUT2D eigenvalue weighted by molar-refractivity contribution is -0.124. The highest BCUT2D eigenvalue weighted by atomic mass is 35.5. The van der Waals surface area contributed by atoms with Crippen molar-refractivity contribution in [2.75, 3.05) is 6.54 Å². The molecule has 114 valence electrons. The molecule has 5 nitrogen and oxygen atoms in total. The highest BCUT2D eigenvalue weighted by Crippen LogP contribution is 2.04. The van der Waals surface area contributed by atoms with Crippen LogP contribution in [0.4, 0.5) is 0 Å². The molecule has 4 N–H and O–H groups in total. The summed E-state index contributed by atoms with van der Waals surface area (Å²) in [5.41, 5.74) is 5.78. The number of hydrogen-bond acceptors (Lipinski definition) is 3. The van der Waals surface area contributed by atoms with Gasteiger partial charge >= 0.3 is 0 Å². The minimum atomic E-state index is -0.493. The van der Waals surface area contributed by atoms with E-state index in [1.54, 1.807) is 0 Å². The van der Waals surface area contributed by atoms with Crippen molar-refractivity contribution in [3.8, 4) is 0 Å². The Morgan fingerprint density at radius 2 is 1.74 bits per heavy atom. The molecule has 0 aliphatic rings. The Morgan fingerprint density at radius 3 is 2.21 bits per heavy atom. The Balaban J connectivity index is 0. The SMILES string of the molecule is CCC(C)NC(=O)CCNC(=O)C(N)C(C)CC.Cl. The van der Waals surface area contributed by atoms with Crippen LogP contribution in [-0.2, 0) is 9.59 Å². The lowest BCUT2D eigenvalue weighted by Crippen LogP contribution is -2.45. The van der Waals surface area contributed by atoms with Crippen molar-refractivity contribution in [2.45, 2.75) is 59.0 Å². The topological polar surface area (TPSA) is 84.2 Å². The number of hydrogen-bond donors (Lipinski definition) is 3. The second-order valence-corrected chi connectivity index (χ2v) is 4.83. The van der Waals surface area contributed by atoms with Gasteiger partial charge < -0.3 is 16.4 Å². The van der Waals surface area contributed by atoms with Crippen LogP contribution in [0.1, 0.15) is 47.0 Å². The van der Waals surface area contributed by atoms with Crippen LogP contribution in [0.25, 0.3) is 0 Å². The van der Waals surface area contributed by atoms with E-state index in [0.717, 1.165) is 12.8 Å². The van der Waals surface area contributed by atoms with Crippen LogP contribution in [0.3, 0.4) is 0 Å². The molecule has 0 aliphatic carbocycles. The van der Waals surface area contributed by atoms with E-state index in [1.165, 1.54) is 0 Å². The van der Waals surface area contributed by atoms with Crippen molar-refractivity contribution in [3.05, 3.63) is 0 Å². The van der Waals surface area contributed by atoms with Crippen LogP contribution in [0.5, 0.6) is 0 Å². The molecular formula is C13H28ClN3O2. The summed E-state index contributed by atoms with van der Waals surface area (Å²) in [6.07, 6.45) is 2.06. The van der Waals surface area contributed by atoms with Crippen LogP contribution < -0.4 is 16.4 Å². The summed E-state index contributed by atoms with van der Waals surface area (Å²) in [6, 6.07) is -0.316. The van der Waals surface area contributed by atoms with E-state index in [2.05, 4.69) is 10.6 Å². The summed E-state index contributed by atoms with van der Waals surface area (Å²) in [7, 11) is 0. The van der Waals surface area contributed by atoms with Crippen LogP contribution in [-0.4, -0.2) is 30.4 Å². The van der Waals surface area contributed by atoms with Crippen molar-refractivity contribution in [3.63, 3.8) is 0 Å². The summed E-state index contributed by atoms with van der Waals surface area (Å²) in [5.74, 6) is -0.0682. The second-order valence-electron chi connectivity index (χ2n) is 4.83. The second kappa shape index (κ2) is 11.1. The molecule has 0 bridgehead atoms. The monoisotopic (exact) mass is 293 g/mol. The molecule has 0 fully saturated rings. The number of nitrogens with one attached hydrogen (secondary N) is 2.